The fourth-order valence-corrected chi connectivity index (χ4v) is 0. The Morgan fingerprint density at radius 3 is 0.205 bits per heavy atom. The molecule has 0 spiro atoms. The van der Waals surface area contributed by atoms with Crippen molar-refractivity contribution in [2.24, 2.45) is 0 Å². The van der Waals surface area contributed by atoms with Crippen LogP contribution in [0.2, 0.25) is 0 Å². The van der Waals surface area contributed by atoms with Crippen LogP contribution in [0, 0.1) is 0 Å². The number of hydrogen-bond donors (Lipinski definition) is 0. The van der Waals surface area contributed by atoms with Gasteiger partial charge in [0, 0.05) is 90.2 Å². The first-order valence-electron chi connectivity index (χ1n) is 11.9. The molecule has 12 nitrogen and oxygen atoms in total. The van der Waals surface area contributed by atoms with E-state index in [1.54, 1.807) is 83.1 Å². The quantitative estimate of drug-likeness (QED) is 0.205. The summed E-state index contributed by atoms with van der Waals surface area (Å²) in [6.07, 6.45) is 0. The van der Waals surface area contributed by atoms with Crippen LogP contribution in [0.1, 0.15) is 83.1 Å². The van der Waals surface area contributed by atoms with Gasteiger partial charge in [-0.3, -0.25) is 0 Å². The predicted octanol–water partition coefficient (Wildman–Crippen LogP) is -7.99. The summed E-state index contributed by atoms with van der Waals surface area (Å²) in [4.78, 5) is 0. The maximum absolute atomic E-state index is 8.93. The zero-order chi connectivity index (χ0) is 32.5. The third-order valence-corrected chi connectivity index (χ3v) is 0. The molecule has 39 heavy (non-hydrogen) atoms. The molecule has 252 valence electrons. The second kappa shape index (κ2) is 301. The molecule has 0 aromatic carbocycles. The first-order valence-corrected chi connectivity index (χ1v) is 11.9. The molecular weight excluding hydrogens is 930 g/mol. The molecule has 0 amide bonds. The van der Waals surface area contributed by atoms with Gasteiger partial charge in [0.2, 0.25) is 0 Å². The Hall–Kier alpha value is 2.48. The average Bonchev–Trinajstić information content (AvgIpc) is 2.75. The van der Waals surface area contributed by atoms with Crippen LogP contribution in [-0.2, 0) is 44.8 Å². The minimum Gasteiger partial charge on any atom is -0.855 e. The van der Waals surface area contributed by atoms with Gasteiger partial charge in [-0.1, -0.05) is 83.1 Å². The third kappa shape index (κ3) is 9740. The van der Waals surface area contributed by atoms with Gasteiger partial charge >= 0.3 is 0 Å². The van der Waals surface area contributed by atoms with Crippen molar-refractivity contribution >= 4 is 45.5 Å². The molecule has 0 atom stereocenters. The van der Waals surface area contributed by atoms with Crippen molar-refractivity contribution in [3.05, 3.63) is 0 Å². The van der Waals surface area contributed by atoms with Gasteiger partial charge in [-0.2, -0.15) is 0 Å². The van der Waals surface area contributed by atoms with E-state index in [4.69, 9.17) is 61.3 Å². The van der Waals surface area contributed by atoms with Crippen LogP contribution in [0.5, 0.6) is 0 Å². The first-order chi connectivity index (χ1) is 17.0. The van der Waals surface area contributed by atoms with E-state index < -0.39 is 0 Å². The molecule has 0 rings (SSSR count). The van der Waals surface area contributed by atoms with Gasteiger partial charge in [0.1, 0.15) is 0 Å². The summed E-state index contributed by atoms with van der Waals surface area (Å²) in [5, 5.41) is 107. The van der Waals surface area contributed by atoms with Crippen LogP contribution in [0.3, 0.4) is 0 Å². The van der Waals surface area contributed by atoms with Crippen molar-refractivity contribution in [3.8, 4) is 0 Å². The molecule has 0 heterocycles. The van der Waals surface area contributed by atoms with Gasteiger partial charge in [-0.05, 0) is 0 Å². The molecule has 4 radical (unpaired) electrons. The normalized spacial score (nSPS) is 5.54. The molecule has 0 N–H and O–H groups in total. The van der Waals surface area contributed by atoms with Crippen molar-refractivity contribution in [2.45, 2.75) is 83.1 Å². The number of hydrogen-bond acceptors (Lipinski definition) is 12. The van der Waals surface area contributed by atoms with Crippen LogP contribution < -0.4 is 61.3 Å². The van der Waals surface area contributed by atoms with Crippen molar-refractivity contribution in [1.82, 2.24) is 0 Å². The van der Waals surface area contributed by atoms with E-state index in [1.807, 2.05) is 0 Å². The molecule has 0 aliphatic rings. The fraction of sp³-hybridized carbons (Fsp3) is 1.00. The molecule has 0 unspecified atom stereocenters. The van der Waals surface area contributed by atoms with Crippen molar-refractivity contribution in [2.75, 3.05) is 79.3 Å². The van der Waals surface area contributed by atoms with Crippen molar-refractivity contribution in [3.63, 3.8) is 0 Å². The van der Waals surface area contributed by atoms with Gasteiger partial charge in [0.15, 0.2) is 0 Å². The van der Waals surface area contributed by atoms with Gasteiger partial charge in [0.05, 0.1) is 0 Å². The molecule has 0 saturated heterocycles. The van der Waals surface area contributed by atoms with Crippen molar-refractivity contribution < 1.29 is 106 Å². The van der Waals surface area contributed by atoms with E-state index in [0.29, 0.717) is 0 Å². The Bertz CT molecular complexity index is 94.1. The summed E-state index contributed by atoms with van der Waals surface area (Å²) in [5.74, 6) is 0. The van der Waals surface area contributed by atoms with E-state index in [2.05, 4.69) is 0 Å². The Morgan fingerprint density at radius 2 is 0.205 bits per heavy atom. The second-order valence-corrected chi connectivity index (χ2v) is 3.46. The van der Waals surface area contributed by atoms with Crippen LogP contribution in [0.25, 0.3) is 0 Å². The summed E-state index contributed by atoms with van der Waals surface area (Å²) in [7, 11) is 0. The summed E-state index contributed by atoms with van der Waals surface area (Å²) in [6.45, 7) is 18.8. The number of rotatable bonds is 0. The molecule has 15 heteroatoms. The van der Waals surface area contributed by atoms with Crippen LogP contribution in [0.4, 0.5) is 0 Å². The first kappa shape index (κ1) is 96.9. The summed E-state index contributed by atoms with van der Waals surface area (Å²) in [5.41, 5.74) is 0. The topological polar surface area (TPSA) is 277 Å². The van der Waals surface area contributed by atoms with Crippen LogP contribution >= 0.6 is 0 Å². The Kier molecular flexibility index (Phi) is 748. The minimum absolute atomic E-state index is 0. The summed E-state index contributed by atoms with van der Waals surface area (Å²) in [6, 6.07) is 0. The fourth-order valence-electron chi connectivity index (χ4n) is 0. The van der Waals surface area contributed by atoms with Gasteiger partial charge in [0.25, 0.3) is 0 Å². The van der Waals surface area contributed by atoms with E-state index in [1.165, 1.54) is 0 Å². The van der Waals surface area contributed by atoms with E-state index >= 15 is 0 Å². The zero-order valence-electron chi connectivity index (χ0n) is 27.0. The Labute approximate surface area is 310 Å². The molecule has 0 aromatic rings. The molecular formula is C24H60O12SrTa2-12. The van der Waals surface area contributed by atoms with Crippen LogP contribution in [-0.4, -0.2) is 125 Å². The van der Waals surface area contributed by atoms with Crippen LogP contribution in [0.15, 0.2) is 0 Å². The Balaban J connectivity index is -0.0000000123. The smallest absolute Gasteiger partial charge is 0 e. The minimum atomic E-state index is 0. The second-order valence-electron chi connectivity index (χ2n) is 3.46. The third-order valence-electron chi connectivity index (χ3n) is 0. The van der Waals surface area contributed by atoms with Gasteiger partial charge in [-0.15, -0.1) is 79.3 Å². The maximum Gasteiger partial charge on any atom is 0 e. The molecule has 0 bridgehead atoms. The van der Waals surface area contributed by atoms with Crippen molar-refractivity contribution in [1.29, 1.82) is 0 Å². The van der Waals surface area contributed by atoms with E-state index in [9.17, 15) is 0 Å². The van der Waals surface area contributed by atoms with E-state index in [0.717, 1.165) is 0 Å². The summed E-state index contributed by atoms with van der Waals surface area (Å²) < 4.78 is 0. The monoisotopic (exact) mass is 990 g/mol. The molecule has 0 aliphatic carbocycles. The standard InChI is InChI=1S/12C2H5O.Sr.2Ta/c12*1-2-3;;;/h12*2H2,1H3;;;/q12*-1;;;. The maximum atomic E-state index is 8.93. The molecule has 0 fully saturated rings. The SMILES string of the molecule is CC[O-].CC[O-].CC[O-].CC[O-].CC[O-].CC[O-].CC[O-].CC[O-].CC[O-].CC[O-].CC[O-].CC[O-].[Sr].[Ta].[Ta]. The molecule has 0 aliphatic heterocycles. The predicted molar refractivity (Wildman–Crippen MR) is 132 cm³/mol. The molecule has 0 saturated carbocycles. The van der Waals surface area contributed by atoms with Gasteiger partial charge in [-0.25, -0.2) is 0 Å². The molecule has 0 aromatic heterocycles. The Morgan fingerprint density at radius 1 is 0.205 bits per heavy atom. The van der Waals surface area contributed by atoms with Gasteiger partial charge < -0.3 is 61.3 Å². The largest absolute Gasteiger partial charge is 0.855 e. The average molecular weight is 990 g/mol. The summed E-state index contributed by atoms with van der Waals surface area (Å²) >= 11 is 0. The zero-order valence-corrected chi connectivity index (χ0v) is 36.9. The van der Waals surface area contributed by atoms with E-state index in [-0.39, 0.29) is 170 Å².